The molecule has 2 atom stereocenters. The summed E-state index contributed by atoms with van der Waals surface area (Å²) < 4.78 is 4.18. The predicted octanol–water partition coefficient (Wildman–Crippen LogP) is 4.10. The molecular formula is C16H19ClN4. The maximum Gasteiger partial charge on any atom is 0.128 e. The van der Waals surface area contributed by atoms with Gasteiger partial charge >= 0.3 is 0 Å². The van der Waals surface area contributed by atoms with Crippen LogP contribution in [0.15, 0.2) is 36.7 Å². The molecular weight excluding hydrogens is 284 g/mol. The van der Waals surface area contributed by atoms with Crippen molar-refractivity contribution in [2.24, 2.45) is 0 Å². The number of rotatable bonds is 4. The van der Waals surface area contributed by atoms with Crippen molar-refractivity contribution in [3.05, 3.63) is 48.0 Å². The van der Waals surface area contributed by atoms with Gasteiger partial charge < -0.3 is 4.57 Å². The van der Waals surface area contributed by atoms with Gasteiger partial charge in [-0.05, 0) is 38.5 Å². The van der Waals surface area contributed by atoms with Crippen LogP contribution in [0.4, 0.5) is 0 Å². The van der Waals surface area contributed by atoms with Crippen LogP contribution in [0, 0.1) is 6.92 Å². The summed E-state index contributed by atoms with van der Waals surface area (Å²) in [5, 5.41) is 4.16. The van der Waals surface area contributed by atoms with Gasteiger partial charge in [0.15, 0.2) is 0 Å². The van der Waals surface area contributed by atoms with Gasteiger partial charge in [-0.15, -0.1) is 11.6 Å². The Morgan fingerprint density at radius 1 is 1.24 bits per heavy atom. The van der Waals surface area contributed by atoms with Crippen molar-refractivity contribution >= 4 is 22.6 Å². The molecule has 0 N–H and O–H groups in total. The van der Waals surface area contributed by atoms with Crippen LogP contribution < -0.4 is 0 Å². The first-order valence-corrected chi connectivity index (χ1v) is 7.60. The Bertz CT molecular complexity index is 743. The number of hydrogen-bond donors (Lipinski definition) is 0. The minimum atomic E-state index is -0.128. The molecule has 0 amide bonds. The standard InChI is InChI=1S/C16H19ClN4/c1-11-6-4-7-14-15(11)19-16(13(3)17)21(14)12(2)10-20-9-5-8-18-20/h4-9,12-13H,10H2,1-3H3. The lowest BCUT2D eigenvalue weighted by Crippen LogP contribution is -2.16. The number of aromatic nitrogens is 4. The molecule has 3 rings (SSSR count). The van der Waals surface area contributed by atoms with E-state index in [1.165, 1.54) is 5.56 Å². The van der Waals surface area contributed by atoms with Gasteiger partial charge in [-0.3, -0.25) is 4.68 Å². The second kappa shape index (κ2) is 5.53. The Morgan fingerprint density at radius 3 is 2.71 bits per heavy atom. The minimum absolute atomic E-state index is 0.128. The molecule has 0 saturated heterocycles. The van der Waals surface area contributed by atoms with Crippen molar-refractivity contribution in [2.75, 3.05) is 0 Å². The summed E-state index contributed by atoms with van der Waals surface area (Å²) in [7, 11) is 0. The Balaban J connectivity index is 2.10. The minimum Gasteiger partial charge on any atom is -0.322 e. The molecule has 0 saturated carbocycles. The van der Waals surface area contributed by atoms with Gasteiger partial charge in [-0.1, -0.05) is 12.1 Å². The molecule has 3 aromatic rings. The fraction of sp³-hybridized carbons (Fsp3) is 0.375. The van der Waals surface area contributed by atoms with Gasteiger partial charge in [0.05, 0.1) is 29.0 Å². The SMILES string of the molecule is Cc1cccc2c1nc(C(C)Cl)n2C(C)Cn1cccn1. The highest BCUT2D eigenvalue weighted by molar-refractivity contribution is 6.20. The normalized spacial score (nSPS) is 14.5. The zero-order chi connectivity index (χ0) is 15.0. The Labute approximate surface area is 129 Å². The molecule has 2 unspecified atom stereocenters. The number of imidazole rings is 1. The highest BCUT2D eigenvalue weighted by Crippen LogP contribution is 2.29. The first-order chi connectivity index (χ1) is 10.1. The molecule has 1 aromatic carbocycles. The van der Waals surface area contributed by atoms with Gasteiger partial charge in [0.2, 0.25) is 0 Å². The molecule has 5 heteroatoms. The number of aryl methyl sites for hydroxylation is 1. The molecule has 0 radical (unpaired) electrons. The molecule has 4 nitrogen and oxygen atoms in total. The number of hydrogen-bond acceptors (Lipinski definition) is 2. The summed E-state index contributed by atoms with van der Waals surface area (Å²) >= 11 is 6.35. The van der Waals surface area contributed by atoms with Crippen molar-refractivity contribution in [3.8, 4) is 0 Å². The lowest BCUT2D eigenvalue weighted by atomic mass is 10.2. The quantitative estimate of drug-likeness (QED) is 0.680. The van der Waals surface area contributed by atoms with Crippen LogP contribution in [-0.2, 0) is 6.54 Å². The van der Waals surface area contributed by atoms with Crippen LogP contribution in [0.2, 0.25) is 0 Å². The molecule has 2 aromatic heterocycles. The highest BCUT2D eigenvalue weighted by Gasteiger charge is 2.20. The smallest absolute Gasteiger partial charge is 0.128 e. The van der Waals surface area contributed by atoms with Crippen LogP contribution in [0.25, 0.3) is 11.0 Å². The molecule has 21 heavy (non-hydrogen) atoms. The first kappa shape index (κ1) is 14.1. The van der Waals surface area contributed by atoms with Crippen LogP contribution in [0.1, 0.15) is 36.7 Å². The lowest BCUT2D eigenvalue weighted by Gasteiger charge is -2.18. The molecule has 0 aliphatic carbocycles. The van der Waals surface area contributed by atoms with Crippen molar-refractivity contribution in [3.63, 3.8) is 0 Å². The van der Waals surface area contributed by atoms with E-state index in [9.17, 15) is 0 Å². The number of benzene rings is 1. The van der Waals surface area contributed by atoms with Crippen LogP contribution in [-0.4, -0.2) is 19.3 Å². The average Bonchev–Trinajstić information content (AvgIpc) is 3.05. The summed E-state index contributed by atoms with van der Waals surface area (Å²) in [5.74, 6) is 0.917. The zero-order valence-corrected chi connectivity index (χ0v) is 13.2. The monoisotopic (exact) mass is 302 g/mol. The lowest BCUT2D eigenvalue weighted by molar-refractivity contribution is 0.434. The van der Waals surface area contributed by atoms with E-state index in [1.54, 1.807) is 6.20 Å². The van der Waals surface area contributed by atoms with E-state index < -0.39 is 0 Å². The number of nitrogens with zero attached hydrogens (tertiary/aromatic N) is 4. The van der Waals surface area contributed by atoms with Crippen LogP contribution >= 0.6 is 11.6 Å². The molecule has 0 fully saturated rings. The molecule has 0 aliphatic rings. The number of alkyl halides is 1. The second-order valence-corrected chi connectivity index (χ2v) is 6.13. The summed E-state index contributed by atoms with van der Waals surface area (Å²) in [6, 6.07) is 8.43. The van der Waals surface area contributed by atoms with E-state index in [4.69, 9.17) is 16.6 Å². The number of halogens is 1. The van der Waals surface area contributed by atoms with E-state index in [0.717, 1.165) is 23.4 Å². The Morgan fingerprint density at radius 2 is 2.05 bits per heavy atom. The van der Waals surface area contributed by atoms with Gasteiger partial charge in [0, 0.05) is 12.4 Å². The Hall–Kier alpha value is -1.81. The molecule has 110 valence electrons. The summed E-state index contributed by atoms with van der Waals surface area (Å²) in [4.78, 5) is 4.76. The summed E-state index contributed by atoms with van der Waals surface area (Å²) in [6.07, 6.45) is 3.78. The summed E-state index contributed by atoms with van der Waals surface area (Å²) in [5.41, 5.74) is 3.35. The van der Waals surface area contributed by atoms with Crippen molar-refractivity contribution in [1.29, 1.82) is 0 Å². The largest absolute Gasteiger partial charge is 0.322 e. The van der Waals surface area contributed by atoms with Crippen molar-refractivity contribution in [2.45, 2.75) is 38.7 Å². The van der Waals surface area contributed by atoms with Crippen LogP contribution in [0.5, 0.6) is 0 Å². The maximum absolute atomic E-state index is 6.35. The number of para-hydroxylation sites is 1. The summed E-state index contributed by atoms with van der Waals surface area (Å²) in [6.45, 7) is 7.02. The number of fused-ring (bicyclic) bond motifs is 1. The fourth-order valence-corrected chi connectivity index (χ4v) is 2.93. The molecule has 0 aliphatic heterocycles. The van der Waals surface area contributed by atoms with E-state index in [0.29, 0.717) is 0 Å². The van der Waals surface area contributed by atoms with Gasteiger partial charge in [0.25, 0.3) is 0 Å². The Kier molecular flexibility index (Phi) is 3.72. The first-order valence-electron chi connectivity index (χ1n) is 7.17. The van der Waals surface area contributed by atoms with Crippen molar-refractivity contribution in [1.82, 2.24) is 19.3 Å². The molecule has 0 bridgehead atoms. The molecule has 2 heterocycles. The second-order valence-electron chi connectivity index (χ2n) is 5.48. The van der Waals surface area contributed by atoms with E-state index in [-0.39, 0.29) is 11.4 Å². The highest BCUT2D eigenvalue weighted by atomic mass is 35.5. The van der Waals surface area contributed by atoms with Crippen molar-refractivity contribution < 1.29 is 0 Å². The fourth-order valence-electron chi connectivity index (χ4n) is 2.78. The molecule has 0 spiro atoms. The van der Waals surface area contributed by atoms with E-state index in [1.807, 2.05) is 23.9 Å². The third kappa shape index (κ3) is 2.56. The van der Waals surface area contributed by atoms with Gasteiger partial charge in [0.1, 0.15) is 5.82 Å². The predicted molar refractivity (Wildman–Crippen MR) is 85.7 cm³/mol. The third-order valence-corrected chi connectivity index (χ3v) is 3.95. The topological polar surface area (TPSA) is 35.6 Å². The van der Waals surface area contributed by atoms with Crippen LogP contribution in [0.3, 0.4) is 0 Å². The average molecular weight is 303 g/mol. The van der Waals surface area contributed by atoms with E-state index >= 15 is 0 Å². The van der Waals surface area contributed by atoms with E-state index in [2.05, 4.69) is 41.7 Å². The maximum atomic E-state index is 6.35. The van der Waals surface area contributed by atoms with Gasteiger partial charge in [-0.2, -0.15) is 5.10 Å². The third-order valence-electron chi connectivity index (χ3n) is 3.76. The van der Waals surface area contributed by atoms with Gasteiger partial charge in [-0.25, -0.2) is 4.98 Å². The zero-order valence-electron chi connectivity index (χ0n) is 12.5.